The van der Waals surface area contributed by atoms with Gasteiger partial charge >= 0.3 is 5.97 Å². The first kappa shape index (κ1) is 21.6. The molecule has 0 saturated heterocycles. The second-order valence-corrected chi connectivity index (χ2v) is 8.16. The normalized spacial score (nSPS) is 17.5. The molecule has 1 aliphatic rings. The number of rotatable bonds is 5. The Kier molecular flexibility index (Phi) is 6.30. The van der Waals surface area contributed by atoms with Crippen molar-refractivity contribution in [1.29, 1.82) is 0 Å². The average molecular weight is 408 g/mol. The largest absolute Gasteiger partial charge is 0.496 e. The van der Waals surface area contributed by atoms with Crippen molar-refractivity contribution in [2.24, 2.45) is 0 Å². The zero-order chi connectivity index (χ0) is 21.9. The maximum absolute atomic E-state index is 13.5. The van der Waals surface area contributed by atoms with Crippen molar-refractivity contribution in [3.05, 3.63) is 65.2 Å². The van der Waals surface area contributed by atoms with Gasteiger partial charge in [-0.05, 0) is 62.9 Å². The van der Waals surface area contributed by atoms with Crippen LogP contribution in [0.2, 0.25) is 0 Å². The molecule has 5 heteroatoms. The average Bonchev–Trinajstić information content (AvgIpc) is 2.72. The number of carbonyl (C=O) groups is 2. The predicted molar refractivity (Wildman–Crippen MR) is 119 cm³/mol. The number of amides is 1. The van der Waals surface area contributed by atoms with Gasteiger partial charge in [0, 0.05) is 28.8 Å². The Balaban J connectivity index is 2.10. The summed E-state index contributed by atoms with van der Waals surface area (Å²) >= 11 is 0. The van der Waals surface area contributed by atoms with Gasteiger partial charge < -0.3 is 14.4 Å². The molecule has 0 bridgehead atoms. The Morgan fingerprint density at radius 1 is 1.20 bits per heavy atom. The topological polar surface area (TPSA) is 55.8 Å². The van der Waals surface area contributed by atoms with Crippen LogP contribution in [0.4, 0.5) is 5.69 Å². The van der Waals surface area contributed by atoms with Crippen LogP contribution in [0.3, 0.4) is 0 Å². The molecule has 158 valence electrons. The number of hydrogen-bond acceptors (Lipinski definition) is 4. The van der Waals surface area contributed by atoms with Gasteiger partial charge in [-0.2, -0.15) is 0 Å². The van der Waals surface area contributed by atoms with Crippen molar-refractivity contribution in [3.8, 4) is 5.75 Å². The summed E-state index contributed by atoms with van der Waals surface area (Å²) in [5, 5.41) is 0. The smallest absolute Gasteiger partial charge is 0.330 e. The summed E-state index contributed by atoms with van der Waals surface area (Å²) in [6.45, 7) is 8.44. The highest BCUT2D eigenvalue weighted by Crippen LogP contribution is 2.46. The van der Waals surface area contributed by atoms with E-state index in [0.29, 0.717) is 17.9 Å². The number of methoxy groups -OCH3 is 1. The number of ether oxygens (including phenoxy) is 2. The number of esters is 1. The van der Waals surface area contributed by atoms with E-state index in [-0.39, 0.29) is 17.4 Å². The highest BCUT2D eigenvalue weighted by molar-refractivity contribution is 6.08. The van der Waals surface area contributed by atoms with E-state index in [1.165, 1.54) is 6.08 Å². The summed E-state index contributed by atoms with van der Waals surface area (Å²) in [4.78, 5) is 27.1. The van der Waals surface area contributed by atoms with Gasteiger partial charge in [0.1, 0.15) is 5.75 Å². The zero-order valence-corrected chi connectivity index (χ0v) is 18.3. The minimum Gasteiger partial charge on any atom is -0.496 e. The van der Waals surface area contributed by atoms with E-state index in [4.69, 9.17) is 9.47 Å². The number of hydrogen-bond donors (Lipinski definition) is 0. The maximum Gasteiger partial charge on any atom is 0.330 e. The third-order valence-electron chi connectivity index (χ3n) is 5.47. The summed E-state index contributed by atoms with van der Waals surface area (Å²) in [5.41, 5.74) is 2.98. The van der Waals surface area contributed by atoms with Crippen molar-refractivity contribution in [2.75, 3.05) is 18.6 Å². The monoisotopic (exact) mass is 407 g/mol. The minimum atomic E-state index is -0.396. The maximum atomic E-state index is 13.5. The lowest BCUT2D eigenvalue weighted by Crippen LogP contribution is -2.51. The number of benzene rings is 2. The molecule has 0 aromatic heterocycles. The van der Waals surface area contributed by atoms with Crippen LogP contribution in [-0.2, 0) is 9.53 Å². The summed E-state index contributed by atoms with van der Waals surface area (Å²) in [6, 6.07) is 13.2. The van der Waals surface area contributed by atoms with Crippen LogP contribution in [0.15, 0.2) is 48.5 Å². The summed E-state index contributed by atoms with van der Waals surface area (Å²) in [7, 11) is 1.59. The van der Waals surface area contributed by atoms with Crippen molar-refractivity contribution >= 4 is 23.6 Å². The summed E-state index contributed by atoms with van der Waals surface area (Å²) < 4.78 is 10.6. The number of anilines is 1. The molecule has 5 nitrogen and oxygen atoms in total. The molecule has 1 unspecified atom stereocenters. The fraction of sp³-hybridized carbons (Fsp3) is 0.360. The molecule has 30 heavy (non-hydrogen) atoms. The highest BCUT2D eigenvalue weighted by Gasteiger charge is 2.40. The fourth-order valence-corrected chi connectivity index (χ4v) is 4.22. The third-order valence-corrected chi connectivity index (χ3v) is 5.47. The SMILES string of the molecule is CCOC(=O)/C=C/c1cc2c(cc1OC)N(C(=O)c1ccccc1)C(C)(C)CC2C. The molecular weight excluding hydrogens is 378 g/mol. The number of nitrogens with zero attached hydrogens (tertiary/aromatic N) is 1. The van der Waals surface area contributed by atoms with Crippen molar-refractivity contribution in [2.45, 2.75) is 45.6 Å². The number of carbonyl (C=O) groups excluding carboxylic acids is 2. The van der Waals surface area contributed by atoms with E-state index >= 15 is 0 Å². The molecule has 0 fully saturated rings. The van der Waals surface area contributed by atoms with E-state index < -0.39 is 5.97 Å². The molecular formula is C25H29NO4. The molecule has 1 heterocycles. The first-order valence-corrected chi connectivity index (χ1v) is 10.2. The van der Waals surface area contributed by atoms with Gasteiger partial charge in [-0.3, -0.25) is 4.79 Å². The second-order valence-electron chi connectivity index (χ2n) is 8.16. The molecule has 0 aliphatic carbocycles. The first-order chi connectivity index (χ1) is 14.3. The van der Waals surface area contributed by atoms with Gasteiger partial charge in [-0.1, -0.05) is 25.1 Å². The van der Waals surface area contributed by atoms with Crippen LogP contribution in [0.5, 0.6) is 5.75 Å². The van der Waals surface area contributed by atoms with E-state index in [1.54, 1.807) is 20.1 Å². The quantitative estimate of drug-likeness (QED) is 0.505. The lowest BCUT2D eigenvalue weighted by Gasteiger charge is -2.46. The van der Waals surface area contributed by atoms with Crippen molar-refractivity contribution in [1.82, 2.24) is 0 Å². The Hall–Kier alpha value is -3.08. The molecule has 2 aromatic rings. The van der Waals surface area contributed by atoms with Crippen LogP contribution >= 0.6 is 0 Å². The van der Waals surface area contributed by atoms with Crippen LogP contribution < -0.4 is 9.64 Å². The minimum absolute atomic E-state index is 0.0365. The first-order valence-electron chi connectivity index (χ1n) is 10.2. The van der Waals surface area contributed by atoms with Crippen molar-refractivity contribution < 1.29 is 19.1 Å². The zero-order valence-electron chi connectivity index (χ0n) is 18.3. The van der Waals surface area contributed by atoms with E-state index in [2.05, 4.69) is 20.8 Å². The molecule has 0 radical (unpaired) electrons. The van der Waals surface area contributed by atoms with Crippen LogP contribution in [0.25, 0.3) is 6.08 Å². The second kappa shape index (κ2) is 8.74. The molecule has 0 spiro atoms. The van der Waals surface area contributed by atoms with Gasteiger partial charge in [0.15, 0.2) is 0 Å². The van der Waals surface area contributed by atoms with Crippen LogP contribution in [0.1, 0.15) is 61.5 Å². The van der Waals surface area contributed by atoms with Gasteiger partial charge in [-0.25, -0.2) is 4.79 Å². The lowest BCUT2D eigenvalue weighted by atomic mass is 9.79. The molecule has 1 atom stereocenters. The van der Waals surface area contributed by atoms with Gasteiger partial charge in [0.05, 0.1) is 19.4 Å². The Morgan fingerprint density at radius 2 is 1.90 bits per heavy atom. The van der Waals surface area contributed by atoms with Crippen molar-refractivity contribution in [3.63, 3.8) is 0 Å². The molecule has 0 saturated carbocycles. The van der Waals surface area contributed by atoms with E-state index in [9.17, 15) is 9.59 Å². The Morgan fingerprint density at radius 3 is 2.53 bits per heavy atom. The molecule has 1 amide bonds. The Labute approximate surface area is 178 Å². The lowest BCUT2D eigenvalue weighted by molar-refractivity contribution is -0.137. The number of fused-ring (bicyclic) bond motifs is 1. The predicted octanol–water partition coefficient (Wildman–Crippen LogP) is 5.20. The standard InChI is InChI=1S/C25H29NO4/c1-6-30-23(27)13-12-19-14-20-17(2)16-25(3,4)26(21(20)15-22(19)29-5)24(28)18-10-8-7-9-11-18/h7-15,17H,6,16H2,1-5H3/b13-12+. The van der Waals surface area contributed by atoms with E-state index in [0.717, 1.165) is 23.2 Å². The van der Waals surface area contributed by atoms with Gasteiger partial charge in [0.25, 0.3) is 5.91 Å². The summed E-state index contributed by atoms with van der Waals surface area (Å²) in [5.74, 6) is 0.415. The van der Waals surface area contributed by atoms with E-state index in [1.807, 2.05) is 47.4 Å². The fourth-order valence-electron chi connectivity index (χ4n) is 4.22. The molecule has 2 aromatic carbocycles. The molecule has 3 rings (SSSR count). The highest BCUT2D eigenvalue weighted by atomic mass is 16.5. The van der Waals surface area contributed by atoms with Gasteiger partial charge in [-0.15, -0.1) is 0 Å². The van der Waals surface area contributed by atoms with Gasteiger partial charge in [0.2, 0.25) is 0 Å². The summed E-state index contributed by atoms with van der Waals surface area (Å²) in [6.07, 6.45) is 3.93. The molecule has 0 N–H and O–H groups in total. The van der Waals surface area contributed by atoms with Crippen LogP contribution in [-0.4, -0.2) is 31.1 Å². The third kappa shape index (κ3) is 4.25. The molecule has 1 aliphatic heterocycles. The Bertz CT molecular complexity index is 963. The van der Waals surface area contributed by atoms with Crippen LogP contribution in [0, 0.1) is 0 Å².